The van der Waals surface area contributed by atoms with Crippen LogP contribution in [0.1, 0.15) is 18.5 Å². The Kier molecular flexibility index (Phi) is 6.96. The van der Waals surface area contributed by atoms with E-state index in [2.05, 4.69) is 26.6 Å². The van der Waals surface area contributed by atoms with E-state index >= 15 is 0 Å². The van der Waals surface area contributed by atoms with Gasteiger partial charge in [-0.25, -0.2) is 0 Å². The van der Waals surface area contributed by atoms with Gasteiger partial charge in [-0.1, -0.05) is 42.5 Å². The van der Waals surface area contributed by atoms with E-state index in [0.717, 1.165) is 10.0 Å². The Bertz CT molecular complexity index is 692. The molecule has 0 bridgehead atoms. The fraction of sp³-hybridized carbons (Fsp3) is 0.222. The van der Waals surface area contributed by atoms with Crippen LogP contribution < -0.4 is 16.0 Å². The van der Waals surface area contributed by atoms with Crippen LogP contribution in [0.2, 0.25) is 0 Å². The number of carbonyl (C=O) groups is 2. The van der Waals surface area contributed by atoms with E-state index in [9.17, 15) is 9.59 Å². The number of nitrogens with one attached hydrogen (secondary N) is 2. The maximum Gasteiger partial charge on any atom is 0.275 e. The minimum Gasteiger partial charge on any atom is -0.342 e. The molecule has 0 saturated carbocycles. The van der Waals surface area contributed by atoms with Gasteiger partial charge in [0.15, 0.2) is 6.54 Å². The highest BCUT2D eigenvalue weighted by atomic mass is 79.9. The smallest absolute Gasteiger partial charge is 0.275 e. The van der Waals surface area contributed by atoms with Gasteiger partial charge in [0.25, 0.3) is 5.91 Å². The molecular weight excluding hydrogens is 370 g/mol. The van der Waals surface area contributed by atoms with Crippen LogP contribution in [0.4, 0.5) is 5.69 Å². The summed E-state index contributed by atoms with van der Waals surface area (Å²) >= 11 is 3.36. The summed E-state index contributed by atoms with van der Waals surface area (Å²) in [6, 6.07) is 17.5. The Morgan fingerprint density at radius 2 is 1.71 bits per heavy atom. The molecule has 0 aliphatic heterocycles. The number of rotatable bonds is 7. The molecule has 24 heavy (non-hydrogen) atoms. The largest absolute Gasteiger partial charge is 0.342 e. The number of carbonyl (C=O) groups excluding carboxylic acids is 2. The lowest BCUT2D eigenvalue weighted by molar-refractivity contribution is -0.682. The highest BCUT2D eigenvalue weighted by Gasteiger charge is 2.12. The molecule has 2 aromatic carbocycles. The number of benzene rings is 2. The molecule has 5 nitrogen and oxygen atoms in total. The minimum atomic E-state index is -0.258. The lowest BCUT2D eigenvalue weighted by Gasteiger charge is -2.11. The fourth-order valence-corrected chi connectivity index (χ4v) is 2.57. The van der Waals surface area contributed by atoms with Gasteiger partial charge in [-0.3, -0.25) is 9.59 Å². The molecule has 4 N–H and O–H groups in total. The average molecular weight is 391 g/mol. The monoisotopic (exact) mass is 390 g/mol. The first-order valence-electron chi connectivity index (χ1n) is 7.75. The molecule has 0 aromatic heterocycles. The molecular formula is C18H21BrN3O2+. The van der Waals surface area contributed by atoms with Crippen LogP contribution >= 0.6 is 15.9 Å². The first kappa shape index (κ1) is 18.2. The van der Waals surface area contributed by atoms with Gasteiger partial charge in [0, 0.05) is 10.0 Å². The molecule has 6 heteroatoms. The van der Waals surface area contributed by atoms with E-state index < -0.39 is 0 Å². The second-order valence-corrected chi connectivity index (χ2v) is 6.30. The lowest BCUT2D eigenvalue weighted by Crippen LogP contribution is -2.87. The predicted molar refractivity (Wildman–Crippen MR) is 97.4 cm³/mol. The molecule has 2 rings (SSSR count). The standard InChI is InChI=1S/C18H20BrN3O2/c1-13(14-7-3-2-4-8-14)20-11-17(23)21-12-18(24)22-16-10-6-5-9-15(16)19/h2-10,13,20H,11-12H2,1H3,(H,21,23)(H,22,24)/p+1/t13-/m0/s1. The van der Waals surface area contributed by atoms with Crippen molar-refractivity contribution in [1.82, 2.24) is 5.32 Å². The maximum absolute atomic E-state index is 11.9. The number of nitrogens with two attached hydrogens (primary N) is 1. The zero-order valence-electron chi connectivity index (χ0n) is 13.5. The number of hydrogen-bond donors (Lipinski definition) is 3. The molecule has 2 amide bonds. The van der Waals surface area contributed by atoms with Crippen molar-refractivity contribution < 1.29 is 14.9 Å². The van der Waals surface area contributed by atoms with Crippen LogP contribution in [-0.2, 0) is 9.59 Å². The summed E-state index contributed by atoms with van der Waals surface area (Å²) < 4.78 is 0.801. The molecule has 126 valence electrons. The van der Waals surface area contributed by atoms with Crippen molar-refractivity contribution in [2.75, 3.05) is 18.4 Å². The minimum absolute atomic E-state index is 0.0479. The van der Waals surface area contributed by atoms with Crippen molar-refractivity contribution in [2.45, 2.75) is 13.0 Å². The van der Waals surface area contributed by atoms with E-state index in [1.165, 1.54) is 0 Å². The SMILES string of the molecule is C[C@H]([NH2+]CC(=O)NCC(=O)Nc1ccccc1Br)c1ccccc1. The van der Waals surface area contributed by atoms with Crippen molar-refractivity contribution in [3.05, 3.63) is 64.6 Å². The van der Waals surface area contributed by atoms with Gasteiger partial charge in [0.1, 0.15) is 6.04 Å². The molecule has 0 spiro atoms. The van der Waals surface area contributed by atoms with Crippen molar-refractivity contribution >= 4 is 33.4 Å². The summed E-state index contributed by atoms with van der Waals surface area (Å²) in [5.74, 6) is -0.425. The van der Waals surface area contributed by atoms with Crippen molar-refractivity contribution in [1.29, 1.82) is 0 Å². The second-order valence-electron chi connectivity index (χ2n) is 5.44. The quantitative estimate of drug-likeness (QED) is 0.674. The Morgan fingerprint density at radius 1 is 1.04 bits per heavy atom. The van der Waals surface area contributed by atoms with E-state index in [1.807, 2.05) is 60.8 Å². The summed E-state index contributed by atoms with van der Waals surface area (Å²) in [7, 11) is 0. The van der Waals surface area contributed by atoms with Gasteiger partial charge in [-0.2, -0.15) is 0 Å². The van der Waals surface area contributed by atoms with Crippen LogP contribution in [0.5, 0.6) is 0 Å². The zero-order valence-corrected chi connectivity index (χ0v) is 15.0. The summed E-state index contributed by atoms with van der Waals surface area (Å²) in [5, 5.41) is 7.32. The number of quaternary nitrogens is 1. The molecule has 0 unspecified atom stereocenters. The van der Waals surface area contributed by atoms with Crippen molar-refractivity contribution in [2.24, 2.45) is 0 Å². The summed E-state index contributed by atoms with van der Waals surface area (Å²) in [6.45, 7) is 2.27. The Hall–Kier alpha value is -2.18. The molecule has 0 saturated heterocycles. The van der Waals surface area contributed by atoms with E-state index in [0.29, 0.717) is 5.69 Å². The summed E-state index contributed by atoms with van der Waals surface area (Å²) in [6.07, 6.45) is 0. The van der Waals surface area contributed by atoms with E-state index in [4.69, 9.17) is 0 Å². The fourth-order valence-electron chi connectivity index (χ4n) is 2.18. The number of para-hydroxylation sites is 1. The third-order valence-corrected chi connectivity index (χ3v) is 4.27. The van der Waals surface area contributed by atoms with Crippen LogP contribution in [0.25, 0.3) is 0 Å². The van der Waals surface area contributed by atoms with Gasteiger partial charge in [0.2, 0.25) is 5.91 Å². The Balaban J connectivity index is 1.71. The maximum atomic E-state index is 11.9. The lowest BCUT2D eigenvalue weighted by atomic mass is 10.1. The number of amides is 2. The summed E-state index contributed by atoms with van der Waals surface area (Å²) in [5.41, 5.74) is 1.85. The van der Waals surface area contributed by atoms with Crippen molar-refractivity contribution in [3.63, 3.8) is 0 Å². The van der Waals surface area contributed by atoms with Gasteiger partial charge < -0.3 is 16.0 Å². The average Bonchev–Trinajstić information content (AvgIpc) is 2.60. The molecule has 0 heterocycles. The molecule has 0 fully saturated rings. The molecule has 2 aromatic rings. The van der Waals surface area contributed by atoms with Gasteiger partial charge in [0.05, 0.1) is 12.2 Å². The summed E-state index contributed by atoms with van der Waals surface area (Å²) in [4.78, 5) is 23.7. The van der Waals surface area contributed by atoms with Crippen LogP contribution in [0.15, 0.2) is 59.1 Å². The second kappa shape index (κ2) is 9.20. The van der Waals surface area contributed by atoms with Crippen LogP contribution in [0.3, 0.4) is 0 Å². The third kappa shape index (κ3) is 5.79. The Labute approximate surface area is 150 Å². The molecule has 1 atom stereocenters. The predicted octanol–water partition coefficient (Wildman–Crippen LogP) is 1.83. The number of halogens is 1. The number of anilines is 1. The number of hydrogen-bond acceptors (Lipinski definition) is 2. The molecule has 0 aliphatic rings. The zero-order chi connectivity index (χ0) is 17.4. The first-order valence-corrected chi connectivity index (χ1v) is 8.55. The topological polar surface area (TPSA) is 74.8 Å². The van der Waals surface area contributed by atoms with Crippen LogP contribution in [0, 0.1) is 0 Å². The first-order chi connectivity index (χ1) is 11.6. The highest BCUT2D eigenvalue weighted by molar-refractivity contribution is 9.10. The third-order valence-electron chi connectivity index (χ3n) is 3.58. The van der Waals surface area contributed by atoms with E-state index in [1.54, 1.807) is 6.07 Å². The van der Waals surface area contributed by atoms with Crippen LogP contribution in [-0.4, -0.2) is 24.9 Å². The van der Waals surface area contributed by atoms with Crippen molar-refractivity contribution in [3.8, 4) is 0 Å². The van der Waals surface area contributed by atoms with Gasteiger partial charge in [-0.05, 0) is 35.0 Å². The van der Waals surface area contributed by atoms with E-state index in [-0.39, 0.29) is 30.9 Å². The normalized spacial score (nSPS) is 11.6. The Morgan fingerprint density at radius 3 is 2.42 bits per heavy atom. The molecule has 0 aliphatic carbocycles. The van der Waals surface area contributed by atoms with Gasteiger partial charge >= 0.3 is 0 Å². The van der Waals surface area contributed by atoms with Gasteiger partial charge in [-0.15, -0.1) is 0 Å². The molecule has 0 radical (unpaired) electrons. The highest BCUT2D eigenvalue weighted by Crippen LogP contribution is 2.20.